The fraction of sp³-hybridized carbons (Fsp3) is 0.438. The standard InChI is InChI=1S/C16H21N7O/c17-11-13-5-7-14(8-6-13)16-20-22-23(21-16)10-4-2-1-3-9-19-15(24)12-18/h5-8H,1-4,9-10,12,18H2,(H,19,24). The predicted molar refractivity (Wildman–Crippen MR) is 88.5 cm³/mol. The van der Waals surface area contributed by atoms with Gasteiger partial charge in [-0.05, 0) is 42.3 Å². The topological polar surface area (TPSA) is 123 Å². The third kappa shape index (κ3) is 5.44. The molecule has 0 saturated carbocycles. The van der Waals surface area contributed by atoms with Crippen LogP contribution in [-0.4, -0.2) is 39.2 Å². The third-order valence-corrected chi connectivity index (χ3v) is 3.52. The summed E-state index contributed by atoms with van der Waals surface area (Å²) in [5, 5.41) is 24.0. The van der Waals surface area contributed by atoms with Crippen LogP contribution in [0.2, 0.25) is 0 Å². The highest BCUT2D eigenvalue weighted by Crippen LogP contribution is 2.14. The van der Waals surface area contributed by atoms with Crippen molar-refractivity contribution in [2.75, 3.05) is 13.1 Å². The average Bonchev–Trinajstić information content (AvgIpc) is 3.09. The van der Waals surface area contributed by atoms with Gasteiger partial charge in [0.1, 0.15) is 0 Å². The second kappa shape index (κ2) is 9.37. The van der Waals surface area contributed by atoms with E-state index in [1.165, 1.54) is 0 Å². The van der Waals surface area contributed by atoms with E-state index in [9.17, 15) is 4.79 Å². The number of amides is 1. The molecule has 1 aromatic carbocycles. The van der Waals surface area contributed by atoms with E-state index in [2.05, 4.69) is 26.8 Å². The maximum absolute atomic E-state index is 11.0. The molecule has 0 fully saturated rings. The van der Waals surface area contributed by atoms with Crippen LogP contribution >= 0.6 is 0 Å². The zero-order valence-electron chi connectivity index (χ0n) is 13.5. The minimum atomic E-state index is -0.114. The van der Waals surface area contributed by atoms with E-state index in [4.69, 9.17) is 11.0 Å². The van der Waals surface area contributed by atoms with E-state index >= 15 is 0 Å². The van der Waals surface area contributed by atoms with Crippen molar-refractivity contribution in [2.24, 2.45) is 5.73 Å². The van der Waals surface area contributed by atoms with Gasteiger partial charge in [-0.1, -0.05) is 12.8 Å². The Bertz CT molecular complexity index is 687. The molecule has 0 spiro atoms. The third-order valence-electron chi connectivity index (χ3n) is 3.52. The molecule has 0 radical (unpaired) electrons. The molecule has 0 saturated heterocycles. The molecule has 1 aromatic heterocycles. The Kier molecular flexibility index (Phi) is 6.86. The maximum Gasteiger partial charge on any atom is 0.233 e. The molecule has 126 valence electrons. The van der Waals surface area contributed by atoms with E-state index in [1.807, 2.05) is 12.1 Å². The first-order valence-corrected chi connectivity index (χ1v) is 7.98. The molecule has 0 aliphatic carbocycles. The predicted octanol–water partition coefficient (Wildman–Crippen LogP) is 0.847. The first kappa shape index (κ1) is 17.6. The number of nitriles is 1. The number of nitrogens with one attached hydrogen (secondary N) is 1. The summed E-state index contributed by atoms with van der Waals surface area (Å²) in [6.07, 6.45) is 3.95. The number of aromatic nitrogens is 4. The van der Waals surface area contributed by atoms with Crippen LogP contribution in [0.5, 0.6) is 0 Å². The Labute approximate surface area is 140 Å². The minimum absolute atomic E-state index is 0.0412. The first-order chi connectivity index (χ1) is 11.7. The van der Waals surface area contributed by atoms with Crippen molar-refractivity contribution in [1.82, 2.24) is 25.5 Å². The number of carbonyl (C=O) groups is 1. The van der Waals surface area contributed by atoms with Gasteiger partial charge in [0, 0.05) is 12.1 Å². The van der Waals surface area contributed by atoms with E-state index in [0.29, 0.717) is 24.5 Å². The van der Waals surface area contributed by atoms with Crippen molar-refractivity contribution in [3.63, 3.8) is 0 Å². The number of rotatable bonds is 9. The van der Waals surface area contributed by atoms with E-state index < -0.39 is 0 Å². The smallest absolute Gasteiger partial charge is 0.233 e. The molecule has 0 bridgehead atoms. The molecule has 0 atom stereocenters. The quantitative estimate of drug-likeness (QED) is 0.658. The molecule has 3 N–H and O–H groups in total. The Morgan fingerprint density at radius 2 is 1.96 bits per heavy atom. The SMILES string of the molecule is N#Cc1ccc(-c2nnn(CCCCCCNC(=O)CN)n2)cc1. The maximum atomic E-state index is 11.0. The molecule has 8 nitrogen and oxygen atoms in total. The lowest BCUT2D eigenvalue weighted by Crippen LogP contribution is -2.30. The lowest BCUT2D eigenvalue weighted by molar-refractivity contribution is -0.119. The van der Waals surface area contributed by atoms with Gasteiger partial charge in [-0.3, -0.25) is 4.79 Å². The lowest BCUT2D eigenvalue weighted by atomic mass is 10.1. The van der Waals surface area contributed by atoms with Crippen molar-refractivity contribution in [3.8, 4) is 17.5 Å². The molecular formula is C16H21N7O. The largest absolute Gasteiger partial charge is 0.355 e. The second-order valence-electron chi connectivity index (χ2n) is 5.37. The first-order valence-electron chi connectivity index (χ1n) is 7.98. The van der Waals surface area contributed by atoms with Crippen LogP contribution < -0.4 is 11.1 Å². The Morgan fingerprint density at radius 3 is 2.67 bits per heavy atom. The lowest BCUT2D eigenvalue weighted by Gasteiger charge is -2.03. The van der Waals surface area contributed by atoms with Crippen LogP contribution in [0.25, 0.3) is 11.4 Å². The molecule has 0 aliphatic heterocycles. The van der Waals surface area contributed by atoms with Crippen molar-refractivity contribution >= 4 is 5.91 Å². The van der Waals surface area contributed by atoms with E-state index in [-0.39, 0.29) is 12.5 Å². The number of hydrogen-bond donors (Lipinski definition) is 2. The summed E-state index contributed by atoms with van der Waals surface area (Å²) in [7, 11) is 0. The van der Waals surface area contributed by atoms with Gasteiger partial charge >= 0.3 is 0 Å². The summed E-state index contributed by atoms with van der Waals surface area (Å²) in [6.45, 7) is 1.42. The number of nitrogens with two attached hydrogens (primary N) is 1. The number of unbranched alkanes of at least 4 members (excludes halogenated alkanes) is 3. The molecule has 0 unspecified atom stereocenters. The number of nitrogens with zero attached hydrogens (tertiary/aromatic N) is 5. The Balaban J connectivity index is 1.68. The van der Waals surface area contributed by atoms with Crippen LogP contribution in [0, 0.1) is 11.3 Å². The van der Waals surface area contributed by atoms with Crippen LogP contribution in [0.15, 0.2) is 24.3 Å². The van der Waals surface area contributed by atoms with Gasteiger partial charge in [-0.15, -0.1) is 10.2 Å². The van der Waals surface area contributed by atoms with Gasteiger partial charge in [-0.25, -0.2) is 0 Å². The summed E-state index contributed by atoms with van der Waals surface area (Å²) in [5.41, 5.74) is 6.66. The number of hydrogen-bond acceptors (Lipinski definition) is 6. The number of benzene rings is 1. The highest BCUT2D eigenvalue weighted by Gasteiger charge is 2.05. The highest BCUT2D eigenvalue weighted by molar-refractivity contribution is 5.77. The summed E-state index contributed by atoms with van der Waals surface area (Å²) >= 11 is 0. The normalized spacial score (nSPS) is 10.3. The van der Waals surface area contributed by atoms with Crippen molar-refractivity contribution < 1.29 is 4.79 Å². The molecule has 1 heterocycles. The van der Waals surface area contributed by atoms with Gasteiger partial charge in [0.15, 0.2) is 0 Å². The van der Waals surface area contributed by atoms with Crippen molar-refractivity contribution in [2.45, 2.75) is 32.2 Å². The Morgan fingerprint density at radius 1 is 1.21 bits per heavy atom. The molecule has 2 aromatic rings. The molecule has 1 amide bonds. The fourth-order valence-electron chi connectivity index (χ4n) is 2.18. The number of tetrazole rings is 1. The number of aryl methyl sites for hydroxylation is 1. The fourth-order valence-corrected chi connectivity index (χ4v) is 2.18. The molecule has 0 aliphatic rings. The van der Waals surface area contributed by atoms with Gasteiger partial charge in [0.05, 0.1) is 24.7 Å². The van der Waals surface area contributed by atoms with Gasteiger partial charge in [0.25, 0.3) is 0 Å². The second-order valence-corrected chi connectivity index (χ2v) is 5.37. The number of carbonyl (C=O) groups excluding carboxylic acids is 1. The molecule has 2 rings (SSSR count). The molecular weight excluding hydrogens is 306 g/mol. The average molecular weight is 327 g/mol. The van der Waals surface area contributed by atoms with Crippen LogP contribution in [0.1, 0.15) is 31.2 Å². The zero-order chi connectivity index (χ0) is 17.2. The van der Waals surface area contributed by atoms with E-state index in [0.717, 1.165) is 31.2 Å². The summed E-state index contributed by atoms with van der Waals surface area (Å²) in [6, 6.07) is 9.18. The monoisotopic (exact) mass is 327 g/mol. The van der Waals surface area contributed by atoms with E-state index in [1.54, 1.807) is 16.9 Å². The zero-order valence-corrected chi connectivity index (χ0v) is 13.5. The Hall–Kier alpha value is -2.79. The van der Waals surface area contributed by atoms with Crippen LogP contribution in [-0.2, 0) is 11.3 Å². The summed E-state index contributed by atoms with van der Waals surface area (Å²) in [4.78, 5) is 12.5. The van der Waals surface area contributed by atoms with Crippen LogP contribution in [0.4, 0.5) is 0 Å². The highest BCUT2D eigenvalue weighted by atomic mass is 16.1. The van der Waals surface area contributed by atoms with Crippen molar-refractivity contribution in [1.29, 1.82) is 5.26 Å². The molecule has 24 heavy (non-hydrogen) atoms. The van der Waals surface area contributed by atoms with Gasteiger partial charge in [-0.2, -0.15) is 10.1 Å². The minimum Gasteiger partial charge on any atom is -0.355 e. The van der Waals surface area contributed by atoms with Gasteiger partial charge in [0.2, 0.25) is 11.7 Å². The summed E-state index contributed by atoms with van der Waals surface area (Å²) < 4.78 is 0. The summed E-state index contributed by atoms with van der Waals surface area (Å²) in [5.74, 6) is 0.445. The van der Waals surface area contributed by atoms with Crippen LogP contribution in [0.3, 0.4) is 0 Å². The van der Waals surface area contributed by atoms with Crippen molar-refractivity contribution in [3.05, 3.63) is 29.8 Å². The molecule has 8 heteroatoms. The van der Waals surface area contributed by atoms with Gasteiger partial charge < -0.3 is 11.1 Å².